The molecule has 1 fully saturated rings. The quantitative estimate of drug-likeness (QED) is 0.609. The van der Waals surface area contributed by atoms with E-state index in [1.54, 1.807) is 23.6 Å². The maximum atomic E-state index is 14.0. The van der Waals surface area contributed by atoms with Crippen LogP contribution < -0.4 is 15.4 Å². The smallest absolute Gasteiger partial charge is 0.270 e. The van der Waals surface area contributed by atoms with E-state index >= 15 is 0 Å². The van der Waals surface area contributed by atoms with Crippen LogP contribution in [0.4, 0.5) is 8.78 Å². The van der Waals surface area contributed by atoms with Crippen molar-refractivity contribution in [3.63, 3.8) is 0 Å². The molecule has 164 valence electrons. The minimum absolute atomic E-state index is 0.152. The number of nitrogens with one attached hydrogen (secondary N) is 2. The molecule has 2 aromatic heterocycles. The van der Waals surface area contributed by atoms with E-state index in [1.807, 2.05) is 18.7 Å². The number of fused-ring (bicyclic) bond motifs is 1. The third-order valence-corrected chi connectivity index (χ3v) is 6.28. The highest BCUT2D eigenvalue weighted by molar-refractivity contribution is 7.99. The first-order valence-electron chi connectivity index (χ1n) is 10.1. The van der Waals surface area contributed by atoms with Crippen LogP contribution in [-0.2, 0) is 6.61 Å². The molecule has 1 aliphatic heterocycles. The average Bonchev–Trinajstić information content (AvgIpc) is 3.08. The highest BCUT2D eigenvalue weighted by Crippen LogP contribution is 2.26. The Hall–Kier alpha value is -2.65. The van der Waals surface area contributed by atoms with Crippen molar-refractivity contribution in [2.45, 2.75) is 26.5 Å². The molecule has 6 nitrogen and oxygen atoms in total. The van der Waals surface area contributed by atoms with Gasteiger partial charge in [-0.2, -0.15) is 11.8 Å². The zero-order chi connectivity index (χ0) is 22.0. The largest absolute Gasteiger partial charge is 0.485 e. The van der Waals surface area contributed by atoms with Crippen LogP contribution in [0.2, 0.25) is 0 Å². The van der Waals surface area contributed by atoms with Crippen LogP contribution in [0.1, 0.15) is 27.3 Å². The summed E-state index contributed by atoms with van der Waals surface area (Å²) in [6.07, 6.45) is 1.80. The predicted molar refractivity (Wildman–Crippen MR) is 117 cm³/mol. The lowest BCUT2D eigenvalue weighted by atomic mass is 10.2. The Labute approximate surface area is 183 Å². The number of hydrogen-bond donors (Lipinski definition) is 2. The Morgan fingerprint density at radius 3 is 2.84 bits per heavy atom. The fourth-order valence-electron chi connectivity index (χ4n) is 3.61. The molecule has 1 saturated heterocycles. The van der Waals surface area contributed by atoms with Gasteiger partial charge in [0, 0.05) is 36.8 Å². The number of aryl methyl sites for hydroxylation is 2. The number of benzene rings is 1. The molecule has 2 N–H and O–H groups in total. The Balaban J connectivity index is 1.58. The molecule has 31 heavy (non-hydrogen) atoms. The zero-order valence-electron chi connectivity index (χ0n) is 17.4. The fraction of sp³-hybridized carbons (Fsp3) is 0.364. The number of amides is 1. The number of hydrogen-bond acceptors (Lipinski definition) is 5. The summed E-state index contributed by atoms with van der Waals surface area (Å²) in [7, 11) is 0. The minimum Gasteiger partial charge on any atom is -0.485 e. The molecular formula is C22H24F2N4O2S. The number of nitrogens with zero attached hydrogens (tertiary/aromatic N) is 2. The number of pyridine rings is 1. The summed E-state index contributed by atoms with van der Waals surface area (Å²) in [5, 5.41) is 6.38. The zero-order valence-corrected chi connectivity index (χ0v) is 18.2. The number of ether oxygens (including phenoxy) is 1. The molecule has 1 aromatic carbocycles. The van der Waals surface area contributed by atoms with Crippen molar-refractivity contribution >= 4 is 23.3 Å². The molecule has 0 saturated carbocycles. The van der Waals surface area contributed by atoms with Crippen molar-refractivity contribution in [2.75, 3.05) is 24.6 Å². The summed E-state index contributed by atoms with van der Waals surface area (Å²) in [5.74, 6) is 0.830. The second kappa shape index (κ2) is 9.23. The summed E-state index contributed by atoms with van der Waals surface area (Å²) in [4.78, 5) is 17.4. The summed E-state index contributed by atoms with van der Waals surface area (Å²) in [6, 6.07) is 5.66. The van der Waals surface area contributed by atoms with Crippen LogP contribution in [0.3, 0.4) is 0 Å². The Morgan fingerprint density at radius 2 is 2.13 bits per heavy atom. The van der Waals surface area contributed by atoms with Crippen molar-refractivity contribution < 1.29 is 18.3 Å². The lowest BCUT2D eigenvalue weighted by molar-refractivity contribution is 0.0944. The van der Waals surface area contributed by atoms with E-state index in [9.17, 15) is 13.6 Å². The van der Waals surface area contributed by atoms with Gasteiger partial charge in [0.1, 0.15) is 23.9 Å². The van der Waals surface area contributed by atoms with Gasteiger partial charge in [0.15, 0.2) is 11.4 Å². The molecule has 0 bridgehead atoms. The first-order valence-corrected chi connectivity index (χ1v) is 11.2. The average molecular weight is 447 g/mol. The summed E-state index contributed by atoms with van der Waals surface area (Å²) in [5.41, 5.74) is 2.07. The fourth-order valence-corrected chi connectivity index (χ4v) is 4.56. The van der Waals surface area contributed by atoms with E-state index in [-0.39, 0.29) is 24.1 Å². The van der Waals surface area contributed by atoms with Crippen LogP contribution in [0.15, 0.2) is 30.5 Å². The van der Waals surface area contributed by atoms with E-state index in [1.165, 1.54) is 18.2 Å². The third kappa shape index (κ3) is 4.67. The van der Waals surface area contributed by atoms with Gasteiger partial charge < -0.3 is 15.4 Å². The molecule has 0 aliphatic carbocycles. The number of rotatable bonds is 6. The molecule has 3 heterocycles. The molecule has 9 heteroatoms. The molecular weight excluding hydrogens is 422 g/mol. The molecule has 1 aliphatic rings. The number of thioether (sulfide) groups is 1. The van der Waals surface area contributed by atoms with Gasteiger partial charge in [-0.25, -0.2) is 13.8 Å². The lowest BCUT2D eigenvalue weighted by Crippen LogP contribution is -2.46. The lowest BCUT2D eigenvalue weighted by Gasteiger charge is -2.23. The van der Waals surface area contributed by atoms with E-state index < -0.39 is 11.6 Å². The monoisotopic (exact) mass is 446 g/mol. The second-order valence-electron chi connectivity index (χ2n) is 7.55. The van der Waals surface area contributed by atoms with Gasteiger partial charge in [0.25, 0.3) is 5.91 Å². The van der Waals surface area contributed by atoms with Crippen molar-refractivity contribution in [1.82, 2.24) is 20.0 Å². The van der Waals surface area contributed by atoms with Crippen molar-refractivity contribution in [2.24, 2.45) is 0 Å². The molecule has 3 aromatic rings. The third-order valence-electron chi connectivity index (χ3n) is 5.15. The Morgan fingerprint density at radius 1 is 1.35 bits per heavy atom. The van der Waals surface area contributed by atoms with Crippen LogP contribution in [0.25, 0.3) is 5.65 Å². The second-order valence-corrected chi connectivity index (χ2v) is 8.70. The number of halogens is 2. The molecule has 4 rings (SSSR count). The number of carbonyl (C=O) groups excluding carboxylic acids is 1. The van der Waals surface area contributed by atoms with Gasteiger partial charge in [0.2, 0.25) is 0 Å². The maximum absolute atomic E-state index is 14.0. The van der Waals surface area contributed by atoms with Crippen molar-refractivity contribution in [3.05, 3.63) is 64.6 Å². The number of carbonyl (C=O) groups is 1. The molecule has 0 radical (unpaired) electrons. The molecule has 1 atom stereocenters. The Kier molecular flexibility index (Phi) is 6.43. The van der Waals surface area contributed by atoms with Gasteiger partial charge >= 0.3 is 0 Å². The van der Waals surface area contributed by atoms with Gasteiger partial charge in [-0.05, 0) is 37.6 Å². The van der Waals surface area contributed by atoms with E-state index in [4.69, 9.17) is 4.74 Å². The highest BCUT2D eigenvalue weighted by Gasteiger charge is 2.21. The summed E-state index contributed by atoms with van der Waals surface area (Å²) >= 11 is 1.87. The minimum atomic E-state index is -0.669. The van der Waals surface area contributed by atoms with Crippen molar-refractivity contribution in [3.8, 4) is 5.75 Å². The predicted octanol–water partition coefficient (Wildman–Crippen LogP) is 3.24. The maximum Gasteiger partial charge on any atom is 0.270 e. The van der Waals surface area contributed by atoms with E-state index in [0.717, 1.165) is 23.6 Å². The molecule has 1 unspecified atom stereocenters. The first-order chi connectivity index (χ1) is 14.9. The van der Waals surface area contributed by atoms with Crippen LogP contribution in [0.5, 0.6) is 5.75 Å². The van der Waals surface area contributed by atoms with Gasteiger partial charge in [0.05, 0.1) is 11.3 Å². The van der Waals surface area contributed by atoms with E-state index in [0.29, 0.717) is 29.3 Å². The van der Waals surface area contributed by atoms with E-state index in [2.05, 4.69) is 15.6 Å². The first kappa shape index (κ1) is 21.6. The van der Waals surface area contributed by atoms with Gasteiger partial charge in [-0.15, -0.1) is 0 Å². The Bertz CT molecular complexity index is 1090. The van der Waals surface area contributed by atoms with Gasteiger partial charge in [-0.3, -0.25) is 9.20 Å². The summed E-state index contributed by atoms with van der Waals surface area (Å²) in [6.45, 7) is 4.79. The van der Waals surface area contributed by atoms with Crippen LogP contribution >= 0.6 is 11.8 Å². The standard InChI is InChI=1S/C22H24F2N4O2S/c1-13-8-19(30-11-16-17(23)4-3-5-18(16)24)21-27-14(2)20(28(21)10-13)22(29)26-9-15-12-31-7-6-25-15/h3-5,8,10,15,25H,6-7,9,11-12H2,1-2H3,(H,26,29). The van der Waals surface area contributed by atoms with Gasteiger partial charge in [-0.1, -0.05) is 6.07 Å². The molecule has 1 amide bonds. The topological polar surface area (TPSA) is 67.7 Å². The summed E-state index contributed by atoms with van der Waals surface area (Å²) < 4.78 is 35.3. The SMILES string of the molecule is Cc1cc(OCc2c(F)cccc2F)c2nc(C)c(C(=O)NCC3CSCCN3)n2c1. The molecule has 0 spiro atoms. The normalized spacial score (nSPS) is 16.5. The number of aromatic nitrogens is 2. The van der Waals surface area contributed by atoms with Crippen molar-refractivity contribution in [1.29, 1.82) is 0 Å². The van der Waals surface area contributed by atoms with Crippen LogP contribution in [0, 0.1) is 25.5 Å². The van der Waals surface area contributed by atoms with Crippen LogP contribution in [-0.4, -0.2) is 45.9 Å². The highest BCUT2D eigenvalue weighted by atomic mass is 32.2. The number of imidazole rings is 1.